The molecular formula is C18H23NO4S2. The van der Waals surface area contributed by atoms with Crippen LogP contribution in [0.15, 0.2) is 41.8 Å². The molecule has 0 saturated carbocycles. The molecular weight excluding hydrogens is 358 g/mol. The molecule has 0 atom stereocenters. The first-order valence-electron chi connectivity index (χ1n) is 8.07. The van der Waals surface area contributed by atoms with E-state index in [1.807, 2.05) is 31.4 Å². The summed E-state index contributed by atoms with van der Waals surface area (Å²) >= 11 is 1.41. The fraction of sp³-hybridized carbons (Fsp3) is 0.389. The summed E-state index contributed by atoms with van der Waals surface area (Å²) in [4.78, 5) is 15.1. The van der Waals surface area contributed by atoms with Gasteiger partial charge in [0.2, 0.25) is 0 Å². The van der Waals surface area contributed by atoms with Gasteiger partial charge in [0.05, 0.1) is 10.1 Å². The first-order valence-corrected chi connectivity index (χ1v) is 10.4. The lowest BCUT2D eigenvalue weighted by Gasteiger charge is -2.26. The van der Waals surface area contributed by atoms with Crippen molar-refractivity contribution < 1.29 is 17.4 Å². The molecule has 0 spiro atoms. The van der Waals surface area contributed by atoms with Crippen LogP contribution in [-0.4, -0.2) is 30.5 Å². The summed E-state index contributed by atoms with van der Waals surface area (Å²) in [5.41, 5.74) is 0.815. The molecule has 1 aromatic carbocycles. The van der Waals surface area contributed by atoms with Gasteiger partial charge in [-0.3, -0.25) is 4.79 Å². The predicted octanol–water partition coefficient (Wildman–Crippen LogP) is 3.92. The van der Waals surface area contributed by atoms with Crippen molar-refractivity contribution in [1.29, 1.82) is 0 Å². The normalized spacial score (nSPS) is 11.8. The minimum absolute atomic E-state index is 0.0126. The van der Waals surface area contributed by atoms with Crippen molar-refractivity contribution in [3.63, 3.8) is 0 Å². The van der Waals surface area contributed by atoms with Gasteiger partial charge in [-0.15, -0.1) is 11.3 Å². The number of amides is 1. The predicted molar refractivity (Wildman–Crippen MR) is 100 cm³/mol. The van der Waals surface area contributed by atoms with Crippen LogP contribution in [0.3, 0.4) is 0 Å². The van der Waals surface area contributed by atoms with Gasteiger partial charge in [-0.05, 0) is 56.8 Å². The van der Waals surface area contributed by atoms with Crippen molar-refractivity contribution in [2.75, 3.05) is 0 Å². The Morgan fingerprint density at radius 2 is 1.88 bits per heavy atom. The molecule has 0 aliphatic heterocycles. The molecule has 0 bridgehead atoms. The van der Waals surface area contributed by atoms with Gasteiger partial charge in [0.1, 0.15) is 5.75 Å². The Morgan fingerprint density at radius 1 is 1.16 bits per heavy atom. The fourth-order valence-corrected chi connectivity index (χ4v) is 3.40. The molecule has 0 aliphatic carbocycles. The molecule has 0 aliphatic rings. The van der Waals surface area contributed by atoms with Crippen LogP contribution in [0.2, 0.25) is 0 Å². The number of hydrogen-bond donors (Lipinski definition) is 0. The van der Waals surface area contributed by atoms with E-state index in [2.05, 4.69) is 0 Å². The van der Waals surface area contributed by atoms with Crippen molar-refractivity contribution in [1.82, 2.24) is 4.90 Å². The second kappa shape index (κ2) is 8.01. The van der Waals surface area contributed by atoms with Crippen LogP contribution in [0.4, 0.5) is 0 Å². The Kier molecular flexibility index (Phi) is 6.24. The van der Waals surface area contributed by atoms with E-state index in [0.717, 1.165) is 5.56 Å². The molecule has 136 valence electrons. The van der Waals surface area contributed by atoms with Crippen LogP contribution in [0.25, 0.3) is 0 Å². The van der Waals surface area contributed by atoms with Crippen molar-refractivity contribution in [3.8, 4) is 5.75 Å². The third-order valence-corrected chi connectivity index (χ3v) is 6.09. The molecule has 5 nitrogen and oxygen atoms in total. The Hall–Kier alpha value is -1.86. The van der Waals surface area contributed by atoms with E-state index < -0.39 is 15.4 Å². The van der Waals surface area contributed by atoms with Gasteiger partial charge in [0, 0.05) is 12.6 Å². The van der Waals surface area contributed by atoms with E-state index in [0.29, 0.717) is 11.4 Å². The largest absolute Gasteiger partial charge is 0.382 e. The molecule has 0 saturated heterocycles. The molecule has 1 amide bonds. The molecule has 1 heterocycles. The van der Waals surface area contributed by atoms with Crippen LogP contribution >= 0.6 is 11.3 Å². The summed E-state index contributed by atoms with van der Waals surface area (Å²) in [7, 11) is -3.64. The molecule has 7 heteroatoms. The molecule has 0 N–H and O–H groups in total. The summed E-state index contributed by atoms with van der Waals surface area (Å²) in [5.74, 6) is 0.226. The number of carbonyl (C=O) groups is 1. The third kappa shape index (κ3) is 5.06. The second-order valence-corrected chi connectivity index (χ2v) is 9.32. The highest BCUT2D eigenvalue weighted by Gasteiger charge is 2.21. The highest BCUT2D eigenvalue weighted by molar-refractivity contribution is 7.87. The number of nitrogens with zero attached hydrogens (tertiary/aromatic N) is 1. The van der Waals surface area contributed by atoms with Gasteiger partial charge < -0.3 is 9.08 Å². The lowest BCUT2D eigenvalue weighted by molar-refractivity contribution is 0.0695. The zero-order valence-electron chi connectivity index (χ0n) is 14.8. The molecule has 0 fully saturated rings. The maximum atomic E-state index is 12.7. The van der Waals surface area contributed by atoms with E-state index in [1.54, 1.807) is 43.0 Å². The highest BCUT2D eigenvalue weighted by Crippen LogP contribution is 2.21. The molecule has 2 rings (SSSR count). The smallest absolute Gasteiger partial charge is 0.311 e. The first kappa shape index (κ1) is 19.5. The van der Waals surface area contributed by atoms with E-state index in [4.69, 9.17) is 4.18 Å². The van der Waals surface area contributed by atoms with Crippen molar-refractivity contribution in [3.05, 3.63) is 52.2 Å². The molecule has 1 aromatic heterocycles. The molecule has 2 aromatic rings. The standard InChI is InChI=1S/C18H23NO4S2/c1-13(2)19(18(20)17-9-6-10-24-17)12-15-7-5-8-16(11-15)23-25(21,22)14(3)4/h5-11,13-14H,12H2,1-4H3. The maximum Gasteiger partial charge on any atom is 0.311 e. The number of hydrogen-bond acceptors (Lipinski definition) is 5. The maximum absolute atomic E-state index is 12.7. The number of benzene rings is 1. The van der Waals surface area contributed by atoms with E-state index in [-0.39, 0.29) is 17.7 Å². The SMILES string of the molecule is CC(C)N(Cc1cccc(OS(=O)(=O)C(C)C)c1)C(=O)c1cccs1. The lowest BCUT2D eigenvalue weighted by Crippen LogP contribution is -2.36. The summed E-state index contributed by atoms with van der Waals surface area (Å²) in [6.45, 7) is 7.43. The Labute approximate surface area is 153 Å². The Morgan fingerprint density at radius 3 is 2.44 bits per heavy atom. The van der Waals surface area contributed by atoms with Crippen LogP contribution in [0, 0.1) is 0 Å². The van der Waals surface area contributed by atoms with E-state index in [9.17, 15) is 13.2 Å². The molecule has 25 heavy (non-hydrogen) atoms. The van der Waals surface area contributed by atoms with Gasteiger partial charge in [-0.2, -0.15) is 8.42 Å². The van der Waals surface area contributed by atoms with Gasteiger partial charge in [-0.1, -0.05) is 18.2 Å². The highest BCUT2D eigenvalue weighted by atomic mass is 32.2. The van der Waals surface area contributed by atoms with E-state index >= 15 is 0 Å². The van der Waals surface area contributed by atoms with Crippen molar-refractivity contribution in [2.24, 2.45) is 0 Å². The lowest BCUT2D eigenvalue weighted by atomic mass is 10.1. The van der Waals surface area contributed by atoms with Crippen molar-refractivity contribution in [2.45, 2.75) is 45.5 Å². The minimum atomic E-state index is -3.64. The van der Waals surface area contributed by atoms with Gasteiger partial charge in [-0.25, -0.2) is 0 Å². The molecule has 0 radical (unpaired) electrons. The van der Waals surface area contributed by atoms with Crippen LogP contribution in [0.1, 0.15) is 42.9 Å². The van der Waals surface area contributed by atoms with Gasteiger partial charge >= 0.3 is 10.1 Å². The molecule has 0 unspecified atom stereocenters. The first-order chi connectivity index (χ1) is 11.7. The van der Waals surface area contributed by atoms with Crippen LogP contribution < -0.4 is 4.18 Å². The zero-order valence-corrected chi connectivity index (χ0v) is 16.4. The quantitative estimate of drug-likeness (QED) is 0.682. The number of rotatable bonds is 7. The van der Waals surface area contributed by atoms with Gasteiger partial charge in [0.25, 0.3) is 5.91 Å². The average molecular weight is 382 g/mol. The number of thiophene rings is 1. The number of carbonyl (C=O) groups excluding carboxylic acids is 1. The van der Waals surface area contributed by atoms with Crippen LogP contribution in [-0.2, 0) is 16.7 Å². The Balaban J connectivity index is 2.20. The summed E-state index contributed by atoms with van der Waals surface area (Å²) < 4.78 is 29.0. The third-order valence-electron chi connectivity index (χ3n) is 3.66. The van der Waals surface area contributed by atoms with Crippen LogP contribution in [0.5, 0.6) is 5.75 Å². The summed E-state index contributed by atoms with van der Waals surface area (Å²) in [6, 6.07) is 10.5. The average Bonchev–Trinajstić information content (AvgIpc) is 3.06. The summed E-state index contributed by atoms with van der Waals surface area (Å²) in [5, 5.41) is 1.25. The Bertz CT molecular complexity index is 811. The monoisotopic (exact) mass is 381 g/mol. The minimum Gasteiger partial charge on any atom is -0.382 e. The zero-order chi connectivity index (χ0) is 18.6. The van der Waals surface area contributed by atoms with Crippen molar-refractivity contribution >= 4 is 27.4 Å². The van der Waals surface area contributed by atoms with E-state index in [1.165, 1.54) is 11.3 Å². The van der Waals surface area contributed by atoms with Gasteiger partial charge in [0.15, 0.2) is 0 Å². The second-order valence-electron chi connectivity index (χ2n) is 6.28. The fourth-order valence-electron chi connectivity index (χ4n) is 2.15. The summed E-state index contributed by atoms with van der Waals surface area (Å²) in [6.07, 6.45) is 0. The topological polar surface area (TPSA) is 63.7 Å².